The minimum absolute atomic E-state index is 0.388. The molecule has 3 rings (SSSR count). The highest BCUT2D eigenvalue weighted by atomic mass is 32.2. The highest BCUT2D eigenvalue weighted by molar-refractivity contribution is 8.14. The van der Waals surface area contributed by atoms with Crippen LogP contribution in [0.5, 0.6) is 0 Å². The van der Waals surface area contributed by atoms with Crippen molar-refractivity contribution in [2.45, 2.75) is 58.0 Å². The topological polar surface area (TPSA) is 42.2 Å². The zero-order chi connectivity index (χ0) is 14.0. The maximum absolute atomic E-state index is 4.72. The molecule has 5 heteroatoms. The minimum Gasteiger partial charge on any atom is -0.359 e. The summed E-state index contributed by atoms with van der Waals surface area (Å²) in [7, 11) is 0. The maximum Gasteiger partial charge on any atom is 0.157 e. The Morgan fingerprint density at radius 2 is 2.20 bits per heavy atom. The molecular formula is C15H24N4S. The van der Waals surface area contributed by atoms with E-state index >= 15 is 0 Å². The Hall–Kier alpha value is -0.970. The average Bonchev–Trinajstić information content (AvgIpc) is 3.10. The lowest BCUT2D eigenvalue weighted by Gasteiger charge is -2.21. The van der Waals surface area contributed by atoms with Crippen LogP contribution in [0.2, 0.25) is 0 Å². The van der Waals surface area contributed by atoms with Crippen LogP contribution < -0.4 is 5.32 Å². The van der Waals surface area contributed by atoms with Crippen molar-refractivity contribution >= 4 is 16.9 Å². The third kappa shape index (κ3) is 3.03. The summed E-state index contributed by atoms with van der Waals surface area (Å²) in [6.45, 7) is 6.02. The summed E-state index contributed by atoms with van der Waals surface area (Å²) in [5.41, 5.74) is 2.73. The lowest BCUT2D eigenvalue weighted by molar-refractivity contribution is 0.452. The molecule has 1 aliphatic carbocycles. The Morgan fingerprint density at radius 1 is 1.40 bits per heavy atom. The van der Waals surface area contributed by atoms with Crippen LogP contribution in [0.4, 0.5) is 0 Å². The van der Waals surface area contributed by atoms with Crippen molar-refractivity contribution in [3.05, 3.63) is 17.5 Å². The van der Waals surface area contributed by atoms with Crippen LogP contribution >= 0.6 is 11.8 Å². The summed E-state index contributed by atoms with van der Waals surface area (Å²) in [5.74, 6) is 1.21. The summed E-state index contributed by atoms with van der Waals surface area (Å²) >= 11 is 1.91. The molecular weight excluding hydrogens is 268 g/mol. The van der Waals surface area contributed by atoms with Gasteiger partial charge in [-0.3, -0.25) is 9.67 Å². The number of aryl methyl sites for hydroxylation is 3. The highest BCUT2D eigenvalue weighted by Gasteiger charge is 2.39. The molecule has 0 bridgehead atoms. The zero-order valence-electron chi connectivity index (χ0n) is 12.5. The van der Waals surface area contributed by atoms with Gasteiger partial charge in [0.05, 0.1) is 5.69 Å². The van der Waals surface area contributed by atoms with Crippen molar-refractivity contribution in [2.75, 3.05) is 12.3 Å². The molecule has 0 atom stereocenters. The highest BCUT2D eigenvalue weighted by Crippen LogP contribution is 2.37. The van der Waals surface area contributed by atoms with Crippen molar-refractivity contribution < 1.29 is 0 Å². The van der Waals surface area contributed by atoms with Crippen molar-refractivity contribution in [1.82, 2.24) is 15.1 Å². The van der Waals surface area contributed by atoms with Crippen LogP contribution in [0.25, 0.3) is 0 Å². The van der Waals surface area contributed by atoms with Gasteiger partial charge in [0, 0.05) is 30.1 Å². The van der Waals surface area contributed by atoms with Gasteiger partial charge in [-0.05, 0) is 39.2 Å². The predicted molar refractivity (Wildman–Crippen MR) is 85.4 cm³/mol. The molecule has 1 aliphatic heterocycles. The standard InChI is InChI=1S/C15H24N4S/c1-12-10-13(2)19(18-12)9-5-8-16-14-17-15(11-20-14)6-3-4-7-15/h10H,3-9,11H2,1-2H3,(H,16,17). The van der Waals surface area contributed by atoms with E-state index in [4.69, 9.17) is 4.99 Å². The molecule has 0 aromatic carbocycles. The molecule has 2 fully saturated rings. The number of hydrogen-bond donors (Lipinski definition) is 1. The van der Waals surface area contributed by atoms with Crippen molar-refractivity contribution in [3.8, 4) is 0 Å². The van der Waals surface area contributed by atoms with E-state index in [0.717, 1.165) is 25.2 Å². The molecule has 1 saturated carbocycles. The van der Waals surface area contributed by atoms with Crippen LogP contribution in [0, 0.1) is 13.8 Å². The van der Waals surface area contributed by atoms with E-state index in [9.17, 15) is 0 Å². The summed E-state index contributed by atoms with van der Waals surface area (Å²) in [5, 5.41) is 9.32. The maximum atomic E-state index is 4.72. The zero-order valence-corrected chi connectivity index (χ0v) is 13.3. The van der Waals surface area contributed by atoms with Gasteiger partial charge < -0.3 is 5.32 Å². The molecule has 1 spiro atoms. The fourth-order valence-electron chi connectivity index (χ4n) is 3.21. The molecule has 2 heterocycles. The molecule has 20 heavy (non-hydrogen) atoms. The molecule has 110 valence electrons. The third-order valence-electron chi connectivity index (χ3n) is 4.30. The summed E-state index contributed by atoms with van der Waals surface area (Å²) in [6, 6.07) is 2.13. The Labute approximate surface area is 125 Å². The lowest BCUT2D eigenvalue weighted by Crippen LogP contribution is -2.40. The smallest absolute Gasteiger partial charge is 0.157 e. The molecule has 4 nitrogen and oxygen atoms in total. The van der Waals surface area contributed by atoms with Gasteiger partial charge in [0.2, 0.25) is 0 Å². The van der Waals surface area contributed by atoms with Crippen molar-refractivity contribution in [3.63, 3.8) is 0 Å². The summed E-state index contributed by atoms with van der Waals surface area (Å²) < 4.78 is 2.09. The molecule has 1 aromatic heterocycles. The third-order valence-corrected chi connectivity index (χ3v) is 5.51. The molecule has 0 amide bonds. The van der Waals surface area contributed by atoms with Gasteiger partial charge in [-0.2, -0.15) is 5.10 Å². The van der Waals surface area contributed by atoms with E-state index < -0.39 is 0 Å². The number of aromatic nitrogens is 2. The quantitative estimate of drug-likeness (QED) is 0.868. The van der Waals surface area contributed by atoms with Crippen molar-refractivity contribution in [2.24, 2.45) is 4.99 Å². The molecule has 1 N–H and O–H groups in total. The van der Waals surface area contributed by atoms with Gasteiger partial charge >= 0.3 is 0 Å². The molecule has 2 aliphatic rings. The first kappa shape index (κ1) is 14.0. The average molecular weight is 292 g/mol. The van der Waals surface area contributed by atoms with E-state index in [-0.39, 0.29) is 0 Å². The molecule has 0 radical (unpaired) electrons. The number of rotatable bonds is 4. The van der Waals surface area contributed by atoms with E-state index in [1.165, 1.54) is 42.3 Å². The molecule has 1 aromatic rings. The SMILES string of the molecule is Cc1cc(C)n(CCCN=C2NC3(CCCC3)CS2)n1. The first-order valence-electron chi connectivity index (χ1n) is 7.63. The summed E-state index contributed by atoms with van der Waals surface area (Å²) in [4.78, 5) is 4.72. The second-order valence-electron chi connectivity index (χ2n) is 6.09. The number of aliphatic imine (C=N–C) groups is 1. The van der Waals surface area contributed by atoms with Crippen LogP contribution in [0.15, 0.2) is 11.1 Å². The van der Waals surface area contributed by atoms with Crippen LogP contribution in [0.1, 0.15) is 43.5 Å². The van der Waals surface area contributed by atoms with Gasteiger partial charge in [-0.1, -0.05) is 24.6 Å². The largest absolute Gasteiger partial charge is 0.359 e. The van der Waals surface area contributed by atoms with E-state index in [2.05, 4.69) is 28.1 Å². The Morgan fingerprint density at radius 3 is 2.90 bits per heavy atom. The van der Waals surface area contributed by atoms with E-state index in [0.29, 0.717) is 5.54 Å². The number of nitrogens with zero attached hydrogens (tertiary/aromatic N) is 3. The normalized spacial score (nSPS) is 22.8. The van der Waals surface area contributed by atoms with E-state index in [1.807, 2.05) is 18.7 Å². The Kier molecular flexibility index (Phi) is 4.06. The fraction of sp³-hybridized carbons (Fsp3) is 0.733. The van der Waals surface area contributed by atoms with Crippen molar-refractivity contribution in [1.29, 1.82) is 0 Å². The summed E-state index contributed by atoms with van der Waals surface area (Å²) in [6.07, 6.45) is 6.45. The Balaban J connectivity index is 1.46. The lowest BCUT2D eigenvalue weighted by atomic mass is 10.0. The van der Waals surface area contributed by atoms with E-state index in [1.54, 1.807) is 0 Å². The predicted octanol–water partition coefficient (Wildman–Crippen LogP) is 2.90. The number of amidine groups is 1. The first-order valence-corrected chi connectivity index (χ1v) is 8.62. The minimum atomic E-state index is 0.388. The second kappa shape index (κ2) is 5.80. The van der Waals surface area contributed by atoms with Gasteiger partial charge in [0.25, 0.3) is 0 Å². The molecule has 1 saturated heterocycles. The van der Waals surface area contributed by atoms with Gasteiger partial charge in [-0.15, -0.1) is 0 Å². The van der Waals surface area contributed by atoms with Gasteiger partial charge in [0.1, 0.15) is 0 Å². The number of thioether (sulfide) groups is 1. The monoisotopic (exact) mass is 292 g/mol. The Bertz CT molecular complexity index is 500. The van der Waals surface area contributed by atoms with Crippen LogP contribution in [0.3, 0.4) is 0 Å². The number of nitrogens with one attached hydrogen (secondary N) is 1. The number of hydrogen-bond acceptors (Lipinski definition) is 3. The van der Waals surface area contributed by atoms with Gasteiger partial charge in [0.15, 0.2) is 5.17 Å². The van der Waals surface area contributed by atoms with Crippen LogP contribution in [-0.2, 0) is 6.54 Å². The molecule has 0 unspecified atom stereocenters. The van der Waals surface area contributed by atoms with Gasteiger partial charge in [-0.25, -0.2) is 0 Å². The fourth-order valence-corrected chi connectivity index (χ4v) is 4.46. The second-order valence-corrected chi connectivity index (χ2v) is 7.06. The first-order chi connectivity index (χ1) is 9.67. The van der Waals surface area contributed by atoms with Crippen LogP contribution in [-0.4, -0.2) is 32.8 Å².